The van der Waals surface area contributed by atoms with Crippen LogP contribution in [0.25, 0.3) is 0 Å². The fraction of sp³-hybridized carbons (Fsp3) is 0.889. The lowest BCUT2D eigenvalue weighted by Crippen LogP contribution is -2.21. The third-order valence-corrected chi connectivity index (χ3v) is 2.21. The lowest BCUT2D eigenvalue weighted by Gasteiger charge is -2.04. The van der Waals surface area contributed by atoms with E-state index in [1.54, 1.807) is 0 Å². The van der Waals surface area contributed by atoms with Crippen molar-refractivity contribution in [2.24, 2.45) is 5.73 Å². The van der Waals surface area contributed by atoms with E-state index >= 15 is 0 Å². The van der Waals surface area contributed by atoms with Gasteiger partial charge in [-0.05, 0) is 25.8 Å². The van der Waals surface area contributed by atoms with Gasteiger partial charge in [0.25, 0.3) is 0 Å². The summed E-state index contributed by atoms with van der Waals surface area (Å²) in [6, 6.07) is 0. The second-order valence-electron chi connectivity index (χ2n) is 2.91. The summed E-state index contributed by atoms with van der Waals surface area (Å²) in [4.78, 5) is 0.980. The molecule has 0 aliphatic rings. The summed E-state index contributed by atoms with van der Waals surface area (Å²) < 4.78 is 0. The second kappa shape index (κ2) is 8.94. The Morgan fingerprint density at radius 1 is 1.25 bits per heavy atom. The number of hydrogen-bond acceptors (Lipinski definition) is 2. The van der Waals surface area contributed by atoms with Gasteiger partial charge < -0.3 is 11.1 Å². The average Bonchev–Trinajstić information content (AvgIpc) is 2.10. The zero-order valence-corrected chi connectivity index (χ0v) is 8.75. The largest absolute Gasteiger partial charge is 0.380 e. The van der Waals surface area contributed by atoms with Crippen LogP contribution in [0.1, 0.15) is 39.0 Å². The van der Waals surface area contributed by atoms with Crippen molar-refractivity contribution in [2.45, 2.75) is 39.0 Å². The molecule has 0 spiro atoms. The Bertz CT molecular complexity index is 115. The van der Waals surface area contributed by atoms with E-state index in [2.05, 4.69) is 12.2 Å². The molecule has 0 aromatic heterocycles. The van der Waals surface area contributed by atoms with Gasteiger partial charge in [0.15, 0.2) is 0 Å². The lowest BCUT2D eigenvalue weighted by molar-refractivity contribution is 0.637. The molecular formula is C9H20N2S. The van der Waals surface area contributed by atoms with Crippen LogP contribution in [0.5, 0.6) is 0 Å². The van der Waals surface area contributed by atoms with E-state index in [4.69, 9.17) is 18.0 Å². The summed E-state index contributed by atoms with van der Waals surface area (Å²) in [5.74, 6) is 0. The van der Waals surface area contributed by atoms with Crippen molar-refractivity contribution in [3.05, 3.63) is 0 Å². The number of unbranched alkanes of at least 4 members (excludes halogenated alkanes) is 3. The van der Waals surface area contributed by atoms with Gasteiger partial charge in [0.05, 0.1) is 4.99 Å². The van der Waals surface area contributed by atoms with Crippen LogP contribution in [-0.2, 0) is 0 Å². The Labute approximate surface area is 80.9 Å². The Morgan fingerprint density at radius 3 is 2.50 bits per heavy atom. The van der Waals surface area contributed by atoms with Gasteiger partial charge >= 0.3 is 0 Å². The molecule has 2 nitrogen and oxygen atoms in total. The van der Waals surface area contributed by atoms with Crippen molar-refractivity contribution in [3.63, 3.8) is 0 Å². The van der Waals surface area contributed by atoms with Gasteiger partial charge in [-0.2, -0.15) is 0 Å². The number of thiocarbonyl (C=S) groups is 1. The highest BCUT2D eigenvalue weighted by Crippen LogP contribution is 1.97. The quantitative estimate of drug-likeness (QED) is 0.473. The number of hydrogen-bond donors (Lipinski definition) is 2. The molecule has 72 valence electrons. The highest BCUT2D eigenvalue weighted by atomic mass is 32.1. The second-order valence-corrected chi connectivity index (χ2v) is 3.40. The molecule has 0 saturated carbocycles. The molecule has 0 bridgehead atoms. The van der Waals surface area contributed by atoms with Gasteiger partial charge in [0.1, 0.15) is 0 Å². The van der Waals surface area contributed by atoms with Crippen LogP contribution in [0, 0.1) is 0 Å². The van der Waals surface area contributed by atoms with Gasteiger partial charge in [-0.1, -0.05) is 32.0 Å². The average molecular weight is 188 g/mol. The molecule has 12 heavy (non-hydrogen) atoms. The van der Waals surface area contributed by atoms with E-state index in [-0.39, 0.29) is 0 Å². The molecule has 0 fully saturated rings. The lowest BCUT2D eigenvalue weighted by atomic mass is 10.2. The summed E-state index contributed by atoms with van der Waals surface area (Å²) in [5, 5.41) is 3.21. The molecule has 3 heteroatoms. The number of rotatable bonds is 7. The van der Waals surface area contributed by atoms with Crippen LogP contribution >= 0.6 is 12.2 Å². The predicted molar refractivity (Wildman–Crippen MR) is 58.4 cm³/mol. The fourth-order valence-corrected chi connectivity index (χ4v) is 1.08. The molecule has 0 saturated heterocycles. The predicted octanol–water partition coefficient (Wildman–Crippen LogP) is 1.83. The van der Waals surface area contributed by atoms with E-state index in [0.717, 1.165) is 30.9 Å². The van der Waals surface area contributed by atoms with E-state index in [1.165, 1.54) is 19.3 Å². The maximum atomic E-state index is 5.38. The third-order valence-electron chi connectivity index (χ3n) is 1.77. The standard InChI is InChI=1S/C9H20N2S/c1-2-9(12)11-8-6-4-3-5-7-10/h2-8,10H2,1H3,(H,11,12). The van der Waals surface area contributed by atoms with Crippen molar-refractivity contribution in [2.75, 3.05) is 13.1 Å². The first-order valence-corrected chi connectivity index (χ1v) is 5.18. The van der Waals surface area contributed by atoms with E-state index in [0.29, 0.717) is 0 Å². The third kappa shape index (κ3) is 7.95. The van der Waals surface area contributed by atoms with E-state index < -0.39 is 0 Å². The van der Waals surface area contributed by atoms with Crippen LogP contribution in [0.15, 0.2) is 0 Å². The smallest absolute Gasteiger partial charge is 0.0750 e. The van der Waals surface area contributed by atoms with Gasteiger partial charge in [0, 0.05) is 6.54 Å². The Hall–Kier alpha value is -0.150. The molecule has 0 amide bonds. The van der Waals surface area contributed by atoms with Crippen LogP contribution in [0.3, 0.4) is 0 Å². The summed E-state index contributed by atoms with van der Waals surface area (Å²) in [6.07, 6.45) is 5.82. The zero-order chi connectivity index (χ0) is 9.23. The van der Waals surface area contributed by atoms with Crippen LogP contribution in [-0.4, -0.2) is 18.1 Å². The molecular weight excluding hydrogens is 168 g/mol. The number of nitrogens with two attached hydrogens (primary N) is 1. The minimum atomic E-state index is 0.820. The van der Waals surface area contributed by atoms with E-state index in [9.17, 15) is 0 Å². The molecule has 0 aliphatic heterocycles. The molecule has 0 atom stereocenters. The van der Waals surface area contributed by atoms with Crippen molar-refractivity contribution < 1.29 is 0 Å². The Morgan fingerprint density at radius 2 is 1.92 bits per heavy atom. The first kappa shape index (κ1) is 11.8. The molecule has 0 rings (SSSR count). The van der Waals surface area contributed by atoms with Crippen LogP contribution < -0.4 is 11.1 Å². The summed E-state index contributed by atoms with van der Waals surface area (Å²) in [7, 11) is 0. The summed E-state index contributed by atoms with van der Waals surface area (Å²) >= 11 is 5.02. The first-order valence-electron chi connectivity index (χ1n) is 4.78. The highest BCUT2D eigenvalue weighted by Gasteiger charge is 1.91. The Balaban J connectivity index is 2.95. The number of nitrogens with one attached hydrogen (secondary N) is 1. The van der Waals surface area contributed by atoms with Crippen LogP contribution in [0.4, 0.5) is 0 Å². The molecule has 0 aromatic carbocycles. The molecule has 3 N–H and O–H groups in total. The van der Waals surface area contributed by atoms with Crippen molar-refractivity contribution in [1.82, 2.24) is 5.32 Å². The fourth-order valence-electron chi connectivity index (χ4n) is 0.976. The monoisotopic (exact) mass is 188 g/mol. The molecule has 0 aliphatic carbocycles. The van der Waals surface area contributed by atoms with Gasteiger partial charge in [0.2, 0.25) is 0 Å². The van der Waals surface area contributed by atoms with Gasteiger partial charge in [-0.25, -0.2) is 0 Å². The van der Waals surface area contributed by atoms with Crippen LogP contribution in [0.2, 0.25) is 0 Å². The summed E-state index contributed by atoms with van der Waals surface area (Å²) in [6.45, 7) is 3.92. The highest BCUT2D eigenvalue weighted by molar-refractivity contribution is 7.80. The minimum Gasteiger partial charge on any atom is -0.380 e. The minimum absolute atomic E-state index is 0.820. The SMILES string of the molecule is CCC(=S)NCCCCCCN. The molecule has 0 unspecified atom stereocenters. The zero-order valence-electron chi connectivity index (χ0n) is 7.94. The van der Waals surface area contributed by atoms with Crippen molar-refractivity contribution in [3.8, 4) is 0 Å². The maximum Gasteiger partial charge on any atom is 0.0750 e. The Kier molecular flexibility index (Phi) is 8.83. The van der Waals surface area contributed by atoms with Crippen molar-refractivity contribution in [1.29, 1.82) is 0 Å². The van der Waals surface area contributed by atoms with E-state index in [1.807, 2.05) is 0 Å². The van der Waals surface area contributed by atoms with Crippen molar-refractivity contribution >= 4 is 17.2 Å². The topological polar surface area (TPSA) is 38.0 Å². The van der Waals surface area contributed by atoms with Gasteiger partial charge in [-0.3, -0.25) is 0 Å². The molecule has 0 aromatic rings. The molecule has 0 radical (unpaired) electrons. The first-order chi connectivity index (χ1) is 5.81. The molecule has 0 heterocycles. The summed E-state index contributed by atoms with van der Waals surface area (Å²) in [5.41, 5.74) is 5.38. The normalized spacial score (nSPS) is 9.83. The van der Waals surface area contributed by atoms with Gasteiger partial charge in [-0.15, -0.1) is 0 Å². The maximum absolute atomic E-state index is 5.38.